The van der Waals surface area contributed by atoms with E-state index in [9.17, 15) is 19.2 Å². The Bertz CT molecular complexity index is 881. The molecule has 3 N–H and O–H groups in total. The number of carbonyl (C=O) groups is 4. The van der Waals surface area contributed by atoms with Gasteiger partial charge in [-0.1, -0.05) is 19.9 Å². The normalized spacial score (nSPS) is 22.9. The molecule has 2 heterocycles. The van der Waals surface area contributed by atoms with Gasteiger partial charge in [0.25, 0.3) is 5.91 Å². The maximum absolute atomic E-state index is 12.9. The highest BCUT2D eigenvalue weighted by Crippen LogP contribution is 2.15. The predicted molar refractivity (Wildman–Crippen MR) is 124 cm³/mol. The molecule has 0 spiro atoms. The van der Waals surface area contributed by atoms with Crippen molar-refractivity contribution < 1.29 is 23.9 Å². The van der Waals surface area contributed by atoms with Crippen molar-refractivity contribution in [3.8, 4) is 0 Å². The molecule has 0 unspecified atom stereocenters. The van der Waals surface area contributed by atoms with Crippen LogP contribution < -0.4 is 16.0 Å². The van der Waals surface area contributed by atoms with Gasteiger partial charge in [-0.3, -0.25) is 14.4 Å². The molecule has 0 aliphatic carbocycles. The van der Waals surface area contributed by atoms with Crippen molar-refractivity contribution in [2.24, 2.45) is 5.92 Å². The van der Waals surface area contributed by atoms with Crippen LogP contribution >= 0.6 is 24.0 Å². The minimum absolute atomic E-state index is 0.0855. The third kappa shape index (κ3) is 7.33. The molecule has 11 heteroatoms. The molecule has 2 atom stereocenters. The zero-order valence-electron chi connectivity index (χ0n) is 18.6. The van der Waals surface area contributed by atoms with Crippen molar-refractivity contribution >= 4 is 47.7 Å². The van der Waals surface area contributed by atoms with E-state index in [1.807, 2.05) is 0 Å². The van der Waals surface area contributed by atoms with E-state index in [4.69, 9.17) is 4.74 Å². The van der Waals surface area contributed by atoms with E-state index >= 15 is 0 Å². The van der Waals surface area contributed by atoms with Gasteiger partial charge in [-0.2, -0.15) is 12.6 Å². The first-order valence-corrected chi connectivity index (χ1v) is 11.9. The van der Waals surface area contributed by atoms with Gasteiger partial charge < -0.3 is 20.7 Å². The lowest BCUT2D eigenvalue weighted by Gasteiger charge is -2.29. The van der Waals surface area contributed by atoms with Crippen LogP contribution in [-0.4, -0.2) is 52.1 Å². The minimum atomic E-state index is -1.30. The molecular formula is C21H30N4O5S2. The summed E-state index contributed by atoms with van der Waals surface area (Å²) in [5.41, 5.74) is -1.15. The summed E-state index contributed by atoms with van der Waals surface area (Å²) in [6.07, 6.45) is 3.22. The first-order valence-electron chi connectivity index (χ1n) is 10.4. The van der Waals surface area contributed by atoms with Gasteiger partial charge in [-0.05, 0) is 38.0 Å². The van der Waals surface area contributed by atoms with E-state index < -0.39 is 35.5 Å². The third-order valence-electron chi connectivity index (χ3n) is 4.72. The van der Waals surface area contributed by atoms with Crippen molar-refractivity contribution in [2.45, 2.75) is 64.8 Å². The number of allylic oxidation sites excluding steroid dienone is 1. The summed E-state index contributed by atoms with van der Waals surface area (Å²) in [5.74, 6) is -1.72. The highest BCUT2D eigenvalue weighted by Gasteiger charge is 2.36. The molecule has 2 bridgehead atoms. The van der Waals surface area contributed by atoms with E-state index in [1.54, 1.807) is 45.2 Å². The van der Waals surface area contributed by atoms with Crippen molar-refractivity contribution in [2.75, 3.05) is 5.75 Å². The fourth-order valence-electron chi connectivity index (χ4n) is 2.84. The maximum Gasteiger partial charge on any atom is 0.329 e. The van der Waals surface area contributed by atoms with Gasteiger partial charge in [0.1, 0.15) is 28.4 Å². The van der Waals surface area contributed by atoms with Gasteiger partial charge in [0.15, 0.2) is 0 Å². The van der Waals surface area contributed by atoms with Crippen LogP contribution in [0, 0.1) is 5.92 Å². The number of cyclic esters (lactones) is 1. The monoisotopic (exact) mass is 482 g/mol. The van der Waals surface area contributed by atoms with Crippen LogP contribution in [0.15, 0.2) is 17.5 Å². The number of aromatic nitrogens is 1. The predicted octanol–water partition coefficient (Wildman–Crippen LogP) is 1.60. The van der Waals surface area contributed by atoms with Gasteiger partial charge in [-0.15, -0.1) is 11.3 Å². The number of ether oxygens (including phenoxy) is 1. The second-order valence-electron chi connectivity index (χ2n) is 8.30. The number of thiol groups is 1. The molecule has 0 radical (unpaired) electrons. The Labute approximate surface area is 197 Å². The van der Waals surface area contributed by atoms with Crippen molar-refractivity contribution in [1.29, 1.82) is 0 Å². The Morgan fingerprint density at radius 3 is 2.69 bits per heavy atom. The SMILES string of the molecule is CC(C)[C@@H]1NC(=O)C(C)(C)NC(=O)c2csc(n2)CNC(=O)C[C@@H](/C=C/CCS)OC1=O. The summed E-state index contributed by atoms with van der Waals surface area (Å²) < 4.78 is 5.58. The van der Waals surface area contributed by atoms with Crippen LogP contribution in [0.5, 0.6) is 0 Å². The Kier molecular flexibility index (Phi) is 9.26. The van der Waals surface area contributed by atoms with Crippen molar-refractivity contribution in [3.63, 3.8) is 0 Å². The zero-order valence-corrected chi connectivity index (χ0v) is 20.3. The lowest BCUT2D eigenvalue weighted by atomic mass is 9.99. The number of rotatable bonds is 4. The molecule has 3 amide bonds. The first-order chi connectivity index (χ1) is 15.0. The van der Waals surface area contributed by atoms with E-state index in [0.29, 0.717) is 17.2 Å². The van der Waals surface area contributed by atoms with Gasteiger partial charge >= 0.3 is 5.97 Å². The van der Waals surface area contributed by atoms with Gasteiger partial charge in [-0.25, -0.2) is 9.78 Å². The number of nitrogens with zero attached hydrogens (tertiary/aromatic N) is 1. The smallest absolute Gasteiger partial charge is 0.329 e. The molecule has 0 aromatic carbocycles. The fraction of sp³-hybridized carbons (Fsp3) is 0.571. The number of nitrogens with one attached hydrogen (secondary N) is 3. The molecule has 0 saturated heterocycles. The van der Waals surface area contributed by atoms with Crippen molar-refractivity contribution in [1.82, 2.24) is 20.9 Å². The molecule has 1 aromatic rings. The molecule has 0 fully saturated rings. The molecule has 0 saturated carbocycles. The van der Waals surface area contributed by atoms with Crippen LogP contribution in [-0.2, 0) is 25.7 Å². The average molecular weight is 483 g/mol. The van der Waals surface area contributed by atoms with Crippen LogP contribution in [0.1, 0.15) is 56.0 Å². The van der Waals surface area contributed by atoms with E-state index in [0.717, 1.165) is 0 Å². The van der Waals surface area contributed by atoms with Gasteiger partial charge in [0, 0.05) is 5.38 Å². The Morgan fingerprint density at radius 1 is 1.31 bits per heavy atom. The molecule has 176 valence electrons. The highest BCUT2D eigenvalue weighted by molar-refractivity contribution is 7.80. The number of carbonyl (C=O) groups excluding carboxylic acids is 4. The number of fused-ring (bicyclic) bond motifs is 2. The standard InChI is InChI=1S/C21H30N4O5S2/c1-12(2)17-19(28)30-13(7-5-6-8-31)9-15(26)22-10-16-23-14(11-32-16)18(27)25-21(3,4)20(29)24-17/h5,7,11-13,17,31H,6,8-10H2,1-4H3,(H,22,26)(H,24,29)(H,25,27)/b7-5+/t13-,17+/m1/s1. The van der Waals surface area contributed by atoms with Gasteiger partial charge in [0.2, 0.25) is 11.8 Å². The maximum atomic E-state index is 12.9. The summed E-state index contributed by atoms with van der Waals surface area (Å²) >= 11 is 5.38. The van der Waals surface area contributed by atoms with E-state index in [-0.39, 0.29) is 30.5 Å². The van der Waals surface area contributed by atoms with Crippen LogP contribution in [0.4, 0.5) is 0 Å². The molecule has 1 aliphatic rings. The topological polar surface area (TPSA) is 126 Å². The molecule has 32 heavy (non-hydrogen) atoms. The summed E-state index contributed by atoms with van der Waals surface area (Å²) in [5, 5.41) is 10.2. The number of hydrogen-bond acceptors (Lipinski definition) is 8. The zero-order chi connectivity index (χ0) is 23.9. The van der Waals surface area contributed by atoms with Crippen LogP contribution in [0.3, 0.4) is 0 Å². The summed E-state index contributed by atoms with van der Waals surface area (Å²) in [4.78, 5) is 55.0. The summed E-state index contributed by atoms with van der Waals surface area (Å²) in [7, 11) is 0. The molecule has 1 aromatic heterocycles. The lowest BCUT2D eigenvalue weighted by Crippen LogP contribution is -2.59. The second kappa shape index (κ2) is 11.5. The molecular weight excluding hydrogens is 452 g/mol. The van der Waals surface area contributed by atoms with Crippen molar-refractivity contribution in [3.05, 3.63) is 28.2 Å². The highest BCUT2D eigenvalue weighted by atomic mass is 32.1. The second-order valence-corrected chi connectivity index (χ2v) is 9.69. The number of thiazole rings is 1. The number of esters is 1. The van der Waals surface area contributed by atoms with Crippen LogP contribution in [0.25, 0.3) is 0 Å². The first kappa shape index (κ1) is 25.9. The number of hydrogen-bond donors (Lipinski definition) is 4. The minimum Gasteiger partial charge on any atom is -0.456 e. The lowest BCUT2D eigenvalue weighted by molar-refractivity contribution is -0.153. The largest absolute Gasteiger partial charge is 0.456 e. The molecule has 2 rings (SSSR count). The average Bonchev–Trinajstić information content (AvgIpc) is 3.18. The molecule has 9 nitrogen and oxygen atoms in total. The Morgan fingerprint density at radius 2 is 2.03 bits per heavy atom. The van der Waals surface area contributed by atoms with Gasteiger partial charge in [0.05, 0.1) is 13.0 Å². The Balaban J connectivity index is 2.36. The number of amides is 3. The summed E-state index contributed by atoms with van der Waals surface area (Å²) in [6, 6.07) is -0.957. The molecule has 1 aliphatic heterocycles. The Hall–Kier alpha value is -2.40. The third-order valence-corrected chi connectivity index (χ3v) is 5.83. The summed E-state index contributed by atoms with van der Waals surface area (Å²) in [6.45, 7) is 6.76. The van der Waals surface area contributed by atoms with E-state index in [2.05, 4.69) is 33.6 Å². The quantitative estimate of drug-likeness (QED) is 0.293. The van der Waals surface area contributed by atoms with E-state index in [1.165, 1.54) is 11.3 Å². The van der Waals surface area contributed by atoms with Crippen LogP contribution in [0.2, 0.25) is 0 Å². The fourth-order valence-corrected chi connectivity index (χ4v) is 3.71.